The quantitative estimate of drug-likeness (QED) is 0.868. The molecule has 0 bridgehead atoms. The van der Waals surface area contributed by atoms with Gasteiger partial charge >= 0.3 is 6.09 Å². The van der Waals surface area contributed by atoms with Gasteiger partial charge in [-0.2, -0.15) is 0 Å². The van der Waals surface area contributed by atoms with Crippen LogP contribution in [0.15, 0.2) is 22.7 Å². The van der Waals surface area contributed by atoms with E-state index < -0.39 is 11.7 Å². The number of rotatable bonds is 2. The van der Waals surface area contributed by atoms with E-state index in [0.29, 0.717) is 6.04 Å². The molecular formula is C14H19BrN2O2. The van der Waals surface area contributed by atoms with Crippen molar-refractivity contribution in [1.29, 1.82) is 0 Å². The molecule has 1 unspecified atom stereocenters. The van der Waals surface area contributed by atoms with E-state index in [9.17, 15) is 4.79 Å². The molecule has 104 valence electrons. The Morgan fingerprint density at radius 2 is 2.16 bits per heavy atom. The second-order valence-electron chi connectivity index (χ2n) is 5.65. The molecule has 1 heterocycles. The highest BCUT2D eigenvalue weighted by Crippen LogP contribution is 2.31. The third kappa shape index (κ3) is 3.94. The van der Waals surface area contributed by atoms with Crippen LogP contribution in [0.2, 0.25) is 0 Å². The molecule has 1 atom stereocenters. The summed E-state index contributed by atoms with van der Waals surface area (Å²) in [5.74, 6) is 0. The summed E-state index contributed by atoms with van der Waals surface area (Å²) in [4.78, 5) is 11.9. The van der Waals surface area contributed by atoms with Crippen LogP contribution in [0.5, 0.6) is 0 Å². The standard InChI is InChI=1S/C14H19BrN2O2/c1-14(2,3)19-13(18)17-12-8-9(15)4-5-10(12)11-6-7-16-11/h4-5,8,11,16H,6-7H2,1-3H3,(H,17,18). The van der Waals surface area contributed by atoms with Gasteiger partial charge in [-0.05, 0) is 51.4 Å². The monoisotopic (exact) mass is 326 g/mol. The van der Waals surface area contributed by atoms with Crippen molar-refractivity contribution in [3.05, 3.63) is 28.2 Å². The molecule has 0 aliphatic carbocycles. The van der Waals surface area contributed by atoms with Crippen molar-refractivity contribution in [2.75, 3.05) is 11.9 Å². The number of carbonyl (C=O) groups is 1. The lowest BCUT2D eigenvalue weighted by atomic mass is 9.96. The van der Waals surface area contributed by atoms with Gasteiger partial charge in [0.05, 0.1) is 0 Å². The number of hydrogen-bond donors (Lipinski definition) is 2. The van der Waals surface area contributed by atoms with E-state index in [-0.39, 0.29) is 0 Å². The van der Waals surface area contributed by atoms with Gasteiger partial charge < -0.3 is 10.1 Å². The normalized spacial score (nSPS) is 18.6. The fourth-order valence-corrected chi connectivity index (χ4v) is 2.27. The lowest BCUT2D eigenvalue weighted by Gasteiger charge is -2.30. The van der Waals surface area contributed by atoms with Crippen molar-refractivity contribution in [2.45, 2.75) is 38.8 Å². The van der Waals surface area contributed by atoms with E-state index in [1.54, 1.807) is 0 Å². The van der Waals surface area contributed by atoms with Crippen molar-refractivity contribution in [1.82, 2.24) is 5.32 Å². The van der Waals surface area contributed by atoms with Gasteiger partial charge in [-0.25, -0.2) is 4.79 Å². The fraction of sp³-hybridized carbons (Fsp3) is 0.500. The van der Waals surface area contributed by atoms with Gasteiger partial charge in [0.1, 0.15) is 5.60 Å². The highest BCUT2D eigenvalue weighted by molar-refractivity contribution is 9.10. The summed E-state index contributed by atoms with van der Waals surface area (Å²) in [6.45, 7) is 6.57. The maximum absolute atomic E-state index is 11.9. The van der Waals surface area contributed by atoms with Crippen LogP contribution < -0.4 is 10.6 Å². The number of carbonyl (C=O) groups excluding carboxylic acids is 1. The molecule has 1 aliphatic rings. The average molecular weight is 327 g/mol. The summed E-state index contributed by atoms with van der Waals surface area (Å²) in [5.41, 5.74) is 1.39. The molecule has 1 fully saturated rings. The second kappa shape index (κ2) is 5.51. The predicted octanol–water partition coefficient (Wildman–Crippen LogP) is 3.83. The lowest BCUT2D eigenvalue weighted by molar-refractivity contribution is 0.0635. The topological polar surface area (TPSA) is 50.4 Å². The van der Waals surface area contributed by atoms with Gasteiger partial charge in [0, 0.05) is 16.2 Å². The summed E-state index contributed by atoms with van der Waals surface area (Å²) in [5, 5.41) is 6.16. The largest absolute Gasteiger partial charge is 0.444 e. The average Bonchev–Trinajstić information content (AvgIpc) is 2.16. The Kier molecular flexibility index (Phi) is 4.16. The summed E-state index contributed by atoms with van der Waals surface area (Å²) in [6.07, 6.45) is 0.663. The van der Waals surface area contributed by atoms with Gasteiger partial charge in [-0.1, -0.05) is 22.0 Å². The molecule has 0 radical (unpaired) electrons. The van der Waals surface area contributed by atoms with Crippen molar-refractivity contribution >= 4 is 27.7 Å². The van der Waals surface area contributed by atoms with Crippen molar-refractivity contribution in [2.24, 2.45) is 0 Å². The van der Waals surface area contributed by atoms with Gasteiger partial charge in [0.15, 0.2) is 0 Å². The zero-order valence-corrected chi connectivity index (χ0v) is 13.0. The molecule has 0 saturated carbocycles. The van der Waals surface area contributed by atoms with Crippen molar-refractivity contribution < 1.29 is 9.53 Å². The first-order chi connectivity index (χ1) is 8.85. The van der Waals surface area contributed by atoms with Crippen LogP contribution in [0.1, 0.15) is 38.8 Å². The molecule has 5 heteroatoms. The lowest BCUT2D eigenvalue weighted by Crippen LogP contribution is -2.36. The smallest absolute Gasteiger partial charge is 0.412 e. The highest BCUT2D eigenvalue weighted by Gasteiger charge is 2.23. The molecule has 0 spiro atoms. The molecule has 19 heavy (non-hydrogen) atoms. The van der Waals surface area contributed by atoms with Crippen molar-refractivity contribution in [3.8, 4) is 0 Å². The molecule has 1 aromatic rings. The minimum Gasteiger partial charge on any atom is -0.444 e. The Bertz CT molecular complexity index is 479. The molecule has 0 aromatic heterocycles. The van der Waals surface area contributed by atoms with Gasteiger partial charge in [0.2, 0.25) is 0 Å². The Morgan fingerprint density at radius 3 is 2.68 bits per heavy atom. The minimum atomic E-state index is -0.495. The molecule has 1 aromatic carbocycles. The molecule has 2 N–H and O–H groups in total. The number of nitrogens with one attached hydrogen (secondary N) is 2. The summed E-state index contributed by atoms with van der Waals surface area (Å²) < 4.78 is 6.21. The summed E-state index contributed by atoms with van der Waals surface area (Å²) >= 11 is 3.42. The van der Waals surface area contributed by atoms with Crippen LogP contribution in [0.4, 0.5) is 10.5 Å². The Balaban J connectivity index is 2.14. The highest BCUT2D eigenvalue weighted by atomic mass is 79.9. The van der Waals surface area contributed by atoms with Gasteiger partial charge in [0.25, 0.3) is 0 Å². The van der Waals surface area contributed by atoms with Crippen LogP contribution in [-0.2, 0) is 4.74 Å². The van der Waals surface area contributed by atoms with E-state index >= 15 is 0 Å². The number of amides is 1. The molecule has 1 amide bonds. The van der Waals surface area contributed by atoms with E-state index in [4.69, 9.17) is 4.74 Å². The number of ether oxygens (including phenoxy) is 1. The first-order valence-electron chi connectivity index (χ1n) is 6.38. The maximum Gasteiger partial charge on any atom is 0.412 e. The number of halogens is 1. The summed E-state index contributed by atoms with van der Waals surface area (Å²) in [6, 6.07) is 6.22. The van der Waals surface area contributed by atoms with E-state index in [1.807, 2.05) is 39.0 Å². The van der Waals surface area contributed by atoms with Crippen LogP contribution in [0.3, 0.4) is 0 Å². The number of hydrogen-bond acceptors (Lipinski definition) is 3. The SMILES string of the molecule is CC(C)(C)OC(=O)Nc1cc(Br)ccc1C1CCN1. The molecule has 1 saturated heterocycles. The first-order valence-corrected chi connectivity index (χ1v) is 7.17. The number of anilines is 1. The first kappa shape index (κ1) is 14.3. The third-order valence-electron chi connectivity index (χ3n) is 2.85. The molecule has 2 rings (SSSR count). The minimum absolute atomic E-state index is 0.318. The zero-order chi connectivity index (χ0) is 14.0. The van der Waals surface area contributed by atoms with Crippen LogP contribution in [0, 0.1) is 0 Å². The molecular weight excluding hydrogens is 308 g/mol. The summed E-state index contributed by atoms with van der Waals surface area (Å²) in [7, 11) is 0. The molecule has 1 aliphatic heterocycles. The zero-order valence-electron chi connectivity index (χ0n) is 11.4. The van der Waals surface area contributed by atoms with Gasteiger partial charge in [-0.15, -0.1) is 0 Å². The Labute approximate surface area is 122 Å². The van der Waals surface area contributed by atoms with Gasteiger partial charge in [-0.3, -0.25) is 5.32 Å². The van der Waals surface area contributed by atoms with Crippen LogP contribution >= 0.6 is 15.9 Å². The Morgan fingerprint density at radius 1 is 1.47 bits per heavy atom. The van der Waals surface area contributed by atoms with Crippen LogP contribution in [-0.4, -0.2) is 18.2 Å². The second-order valence-corrected chi connectivity index (χ2v) is 6.57. The van der Waals surface area contributed by atoms with Crippen molar-refractivity contribution in [3.63, 3.8) is 0 Å². The fourth-order valence-electron chi connectivity index (χ4n) is 1.91. The maximum atomic E-state index is 11.9. The molecule has 4 nitrogen and oxygen atoms in total. The Hall–Kier alpha value is -1.07. The van der Waals surface area contributed by atoms with E-state index in [0.717, 1.165) is 28.7 Å². The van der Waals surface area contributed by atoms with E-state index in [2.05, 4.69) is 26.6 Å². The third-order valence-corrected chi connectivity index (χ3v) is 3.34. The van der Waals surface area contributed by atoms with Crippen LogP contribution in [0.25, 0.3) is 0 Å². The number of benzene rings is 1. The predicted molar refractivity (Wildman–Crippen MR) is 79.4 cm³/mol. The van der Waals surface area contributed by atoms with E-state index in [1.165, 1.54) is 0 Å².